The molecule has 92 valence electrons. The Morgan fingerprint density at radius 1 is 1.19 bits per heavy atom. The summed E-state index contributed by atoms with van der Waals surface area (Å²) in [5, 5.41) is 10.5. The van der Waals surface area contributed by atoms with Crippen LogP contribution < -0.4 is 5.32 Å². The van der Waals surface area contributed by atoms with Gasteiger partial charge in [-0.1, -0.05) is 26.2 Å². The zero-order valence-corrected chi connectivity index (χ0v) is 10.7. The number of hydrogen-bond acceptors (Lipinski definition) is 2. The third-order valence-electron chi connectivity index (χ3n) is 2.94. The fraction of sp³-hybridized carbons (Fsp3) is 0.769. The lowest BCUT2D eigenvalue weighted by molar-refractivity contribution is 0.585. The van der Waals surface area contributed by atoms with Crippen LogP contribution in [0.15, 0.2) is 6.20 Å². The van der Waals surface area contributed by atoms with Gasteiger partial charge < -0.3 is 5.32 Å². The van der Waals surface area contributed by atoms with E-state index in [1.165, 1.54) is 49.9 Å². The minimum atomic E-state index is 1.12. The predicted molar refractivity (Wildman–Crippen MR) is 68.7 cm³/mol. The van der Waals surface area contributed by atoms with E-state index in [9.17, 15) is 0 Å². The summed E-state index contributed by atoms with van der Waals surface area (Å²) in [6.07, 6.45) is 9.65. The average Bonchev–Trinajstić information content (AvgIpc) is 2.68. The van der Waals surface area contributed by atoms with Crippen LogP contribution in [0.1, 0.15) is 50.3 Å². The van der Waals surface area contributed by atoms with Crippen LogP contribution in [-0.2, 0) is 6.42 Å². The first-order valence-corrected chi connectivity index (χ1v) is 6.54. The van der Waals surface area contributed by atoms with Gasteiger partial charge in [0.25, 0.3) is 0 Å². The van der Waals surface area contributed by atoms with Crippen molar-refractivity contribution >= 4 is 0 Å². The predicted octanol–water partition coefficient (Wildman–Crippen LogP) is 2.82. The molecule has 3 heteroatoms. The Bertz CT molecular complexity index is 268. The summed E-state index contributed by atoms with van der Waals surface area (Å²) in [7, 11) is 0. The molecule has 16 heavy (non-hydrogen) atoms. The number of nitrogens with zero attached hydrogens (tertiary/aromatic N) is 1. The quantitative estimate of drug-likeness (QED) is 0.632. The Labute approximate surface area is 99.0 Å². The normalized spacial score (nSPS) is 10.9. The Kier molecular flexibility index (Phi) is 6.90. The third-order valence-corrected chi connectivity index (χ3v) is 2.94. The van der Waals surface area contributed by atoms with Gasteiger partial charge in [0.1, 0.15) is 0 Å². The summed E-state index contributed by atoms with van der Waals surface area (Å²) < 4.78 is 0. The highest BCUT2D eigenvalue weighted by Crippen LogP contribution is 2.05. The van der Waals surface area contributed by atoms with Gasteiger partial charge in [-0.05, 0) is 44.8 Å². The Morgan fingerprint density at radius 3 is 2.69 bits per heavy atom. The van der Waals surface area contributed by atoms with Gasteiger partial charge in [-0.15, -0.1) is 0 Å². The standard InChI is InChI=1S/C13H25N3/c1-3-4-5-6-9-14-10-7-8-13-11-15-16-12(13)2/h11,14H,3-10H2,1-2H3,(H,15,16). The first kappa shape index (κ1) is 13.2. The van der Waals surface area contributed by atoms with Crippen LogP contribution in [0.2, 0.25) is 0 Å². The number of nitrogens with one attached hydrogen (secondary N) is 2. The number of hydrogen-bond donors (Lipinski definition) is 2. The number of unbranched alkanes of at least 4 members (excludes halogenated alkanes) is 3. The highest BCUT2D eigenvalue weighted by atomic mass is 15.1. The Balaban J connectivity index is 1.91. The lowest BCUT2D eigenvalue weighted by Crippen LogP contribution is -2.17. The second kappa shape index (κ2) is 8.34. The summed E-state index contributed by atoms with van der Waals surface area (Å²) in [6.45, 7) is 6.63. The molecule has 1 aromatic rings. The summed E-state index contributed by atoms with van der Waals surface area (Å²) >= 11 is 0. The molecule has 1 aromatic heterocycles. The smallest absolute Gasteiger partial charge is 0.0522 e. The number of aromatic nitrogens is 2. The van der Waals surface area contributed by atoms with Crippen molar-refractivity contribution in [2.24, 2.45) is 0 Å². The van der Waals surface area contributed by atoms with E-state index in [-0.39, 0.29) is 0 Å². The van der Waals surface area contributed by atoms with Gasteiger partial charge in [0, 0.05) is 5.69 Å². The average molecular weight is 223 g/mol. The fourth-order valence-corrected chi connectivity index (χ4v) is 1.83. The monoisotopic (exact) mass is 223 g/mol. The van der Waals surface area contributed by atoms with Gasteiger partial charge >= 0.3 is 0 Å². The lowest BCUT2D eigenvalue weighted by atomic mass is 10.1. The maximum atomic E-state index is 4.03. The van der Waals surface area contributed by atoms with Gasteiger partial charge in [0.2, 0.25) is 0 Å². The second-order valence-corrected chi connectivity index (χ2v) is 4.43. The number of aromatic amines is 1. The SMILES string of the molecule is CCCCCCNCCCc1cn[nH]c1C. The molecule has 1 rings (SSSR count). The molecule has 0 saturated carbocycles. The molecule has 0 amide bonds. The molecule has 0 fully saturated rings. The molecule has 1 heterocycles. The zero-order valence-electron chi connectivity index (χ0n) is 10.7. The molecule has 0 aliphatic heterocycles. The van der Waals surface area contributed by atoms with Crippen LogP contribution in [0, 0.1) is 6.92 Å². The third kappa shape index (κ3) is 5.31. The first-order valence-electron chi connectivity index (χ1n) is 6.54. The summed E-state index contributed by atoms with van der Waals surface area (Å²) in [4.78, 5) is 0. The van der Waals surface area contributed by atoms with Crippen molar-refractivity contribution in [3.05, 3.63) is 17.5 Å². The number of H-pyrrole nitrogens is 1. The molecule has 0 unspecified atom stereocenters. The molecular formula is C13H25N3. The van der Waals surface area contributed by atoms with Crippen molar-refractivity contribution in [2.45, 2.75) is 52.4 Å². The van der Waals surface area contributed by atoms with Crippen molar-refractivity contribution in [3.8, 4) is 0 Å². The molecule has 0 aliphatic carbocycles. The van der Waals surface area contributed by atoms with Gasteiger partial charge in [-0.25, -0.2) is 0 Å². The van der Waals surface area contributed by atoms with E-state index in [0.717, 1.165) is 13.0 Å². The maximum Gasteiger partial charge on any atom is 0.0522 e. The van der Waals surface area contributed by atoms with Crippen LogP contribution in [0.25, 0.3) is 0 Å². The van der Waals surface area contributed by atoms with Crippen LogP contribution >= 0.6 is 0 Å². The van der Waals surface area contributed by atoms with Crippen LogP contribution in [0.3, 0.4) is 0 Å². The molecule has 0 aliphatic rings. The Hall–Kier alpha value is -0.830. The molecule has 2 N–H and O–H groups in total. The van der Waals surface area contributed by atoms with E-state index in [1.54, 1.807) is 0 Å². The lowest BCUT2D eigenvalue weighted by Gasteiger charge is -2.04. The van der Waals surface area contributed by atoms with Gasteiger partial charge in [-0.3, -0.25) is 5.10 Å². The van der Waals surface area contributed by atoms with E-state index < -0.39 is 0 Å². The van der Waals surface area contributed by atoms with Crippen molar-refractivity contribution in [1.29, 1.82) is 0 Å². The van der Waals surface area contributed by atoms with E-state index in [2.05, 4.69) is 29.4 Å². The maximum absolute atomic E-state index is 4.03. The minimum Gasteiger partial charge on any atom is -0.317 e. The van der Waals surface area contributed by atoms with Crippen LogP contribution in [0.4, 0.5) is 0 Å². The van der Waals surface area contributed by atoms with Crippen LogP contribution in [-0.4, -0.2) is 23.3 Å². The summed E-state index contributed by atoms with van der Waals surface area (Å²) in [5.74, 6) is 0. The van der Waals surface area contributed by atoms with Gasteiger partial charge in [0.15, 0.2) is 0 Å². The molecule has 0 bridgehead atoms. The first-order chi connectivity index (χ1) is 7.84. The zero-order chi connectivity index (χ0) is 11.6. The second-order valence-electron chi connectivity index (χ2n) is 4.43. The largest absolute Gasteiger partial charge is 0.317 e. The molecule has 0 saturated heterocycles. The minimum absolute atomic E-state index is 1.12. The van der Waals surface area contributed by atoms with Gasteiger partial charge in [-0.2, -0.15) is 5.10 Å². The molecular weight excluding hydrogens is 198 g/mol. The van der Waals surface area contributed by atoms with Crippen molar-refractivity contribution in [2.75, 3.05) is 13.1 Å². The van der Waals surface area contributed by atoms with E-state index in [1.807, 2.05) is 6.20 Å². The van der Waals surface area contributed by atoms with Gasteiger partial charge in [0.05, 0.1) is 6.20 Å². The van der Waals surface area contributed by atoms with Crippen molar-refractivity contribution < 1.29 is 0 Å². The van der Waals surface area contributed by atoms with Crippen molar-refractivity contribution in [1.82, 2.24) is 15.5 Å². The molecule has 0 aromatic carbocycles. The van der Waals surface area contributed by atoms with Crippen molar-refractivity contribution in [3.63, 3.8) is 0 Å². The molecule has 0 atom stereocenters. The number of rotatable bonds is 9. The van der Waals surface area contributed by atoms with E-state index in [4.69, 9.17) is 0 Å². The molecule has 0 radical (unpaired) electrons. The summed E-state index contributed by atoms with van der Waals surface area (Å²) in [6, 6.07) is 0. The fourth-order valence-electron chi connectivity index (χ4n) is 1.83. The van der Waals surface area contributed by atoms with Crippen LogP contribution in [0.5, 0.6) is 0 Å². The molecule has 3 nitrogen and oxygen atoms in total. The highest BCUT2D eigenvalue weighted by molar-refractivity contribution is 5.14. The topological polar surface area (TPSA) is 40.7 Å². The van der Waals surface area contributed by atoms with E-state index >= 15 is 0 Å². The highest BCUT2D eigenvalue weighted by Gasteiger charge is 1.98. The number of aryl methyl sites for hydroxylation is 2. The Morgan fingerprint density at radius 2 is 2.00 bits per heavy atom. The summed E-state index contributed by atoms with van der Waals surface area (Å²) in [5.41, 5.74) is 2.57. The molecule has 0 spiro atoms. The van der Waals surface area contributed by atoms with E-state index in [0.29, 0.717) is 0 Å².